The molecule has 0 amide bonds. The number of thiophene rings is 1. The number of nitrogens with one attached hydrogen (secondary N) is 4. The van der Waals surface area contributed by atoms with E-state index in [0.717, 1.165) is 53.5 Å². The molecule has 8 heteroatoms. The molecular formula is C15H19N7S. The standard InChI is InChI=1S/C15H19N7S/c1-9-8-12(22-21-9)18-13-11-4-7-23-14(11)20-15(19-13)17-10-2-5-16-6-3-10/h4,7-8,10,16H,2-3,5-6H2,1H3,(H3,17,18,19,20,21,22). The van der Waals surface area contributed by atoms with Gasteiger partial charge in [0.1, 0.15) is 10.6 Å². The highest BCUT2D eigenvalue weighted by atomic mass is 32.1. The van der Waals surface area contributed by atoms with Crippen LogP contribution in [0.1, 0.15) is 18.5 Å². The second-order valence-corrected chi connectivity index (χ2v) is 6.66. The average Bonchev–Trinajstić information content (AvgIpc) is 3.17. The van der Waals surface area contributed by atoms with Gasteiger partial charge in [-0.3, -0.25) is 5.10 Å². The fourth-order valence-corrected chi connectivity index (χ4v) is 3.53. The van der Waals surface area contributed by atoms with Crippen LogP contribution in [0.25, 0.3) is 10.2 Å². The van der Waals surface area contributed by atoms with Crippen molar-refractivity contribution in [3.05, 3.63) is 23.2 Å². The molecule has 4 heterocycles. The first-order valence-corrected chi connectivity index (χ1v) is 8.67. The molecule has 3 aromatic rings. The maximum Gasteiger partial charge on any atom is 0.226 e. The smallest absolute Gasteiger partial charge is 0.226 e. The summed E-state index contributed by atoms with van der Waals surface area (Å²) in [6, 6.07) is 4.42. The molecule has 0 bridgehead atoms. The van der Waals surface area contributed by atoms with Gasteiger partial charge in [0.15, 0.2) is 5.82 Å². The van der Waals surface area contributed by atoms with Crippen LogP contribution in [0.5, 0.6) is 0 Å². The summed E-state index contributed by atoms with van der Waals surface area (Å²) >= 11 is 1.62. The first-order valence-electron chi connectivity index (χ1n) is 7.79. The van der Waals surface area contributed by atoms with Gasteiger partial charge in [-0.1, -0.05) is 0 Å². The Hall–Kier alpha value is -2.19. The molecule has 3 aromatic heterocycles. The van der Waals surface area contributed by atoms with E-state index in [9.17, 15) is 0 Å². The summed E-state index contributed by atoms with van der Waals surface area (Å²) in [6.45, 7) is 4.05. The van der Waals surface area contributed by atoms with Crippen molar-refractivity contribution in [2.75, 3.05) is 23.7 Å². The van der Waals surface area contributed by atoms with E-state index < -0.39 is 0 Å². The van der Waals surface area contributed by atoms with Gasteiger partial charge in [-0.2, -0.15) is 10.1 Å². The Labute approximate surface area is 137 Å². The molecule has 0 radical (unpaired) electrons. The number of hydrogen-bond donors (Lipinski definition) is 4. The molecule has 1 saturated heterocycles. The van der Waals surface area contributed by atoms with Crippen molar-refractivity contribution in [2.24, 2.45) is 0 Å². The zero-order valence-electron chi connectivity index (χ0n) is 12.9. The Morgan fingerprint density at radius 2 is 2.13 bits per heavy atom. The number of anilines is 3. The van der Waals surface area contributed by atoms with Crippen LogP contribution in [-0.4, -0.2) is 39.3 Å². The summed E-state index contributed by atoms with van der Waals surface area (Å²) < 4.78 is 0. The highest BCUT2D eigenvalue weighted by Crippen LogP contribution is 2.28. The lowest BCUT2D eigenvalue weighted by molar-refractivity contribution is 0.477. The van der Waals surface area contributed by atoms with Crippen molar-refractivity contribution < 1.29 is 0 Å². The molecular weight excluding hydrogens is 310 g/mol. The number of H-pyrrole nitrogens is 1. The maximum atomic E-state index is 4.67. The number of aromatic amines is 1. The van der Waals surface area contributed by atoms with E-state index in [-0.39, 0.29) is 0 Å². The zero-order chi connectivity index (χ0) is 15.6. The quantitative estimate of drug-likeness (QED) is 0.588. The summed E-state index contributed by atoms with van der Waals surface area (Å²) in [4.78, 5) is 10.3. The topological polar surface area (TPSA) is 90.6 Å². The lowest BCUT2D eigenvalue weighted by Gasteiger charge is -2.23. The Bertz CT molecular complexity index is 803. The lowest BCUT2D eigenvalue weighted by atomic mass is 10.1. The summed E-state index contributed by atoms with van der Waals surface area (Å²) in [6.07, 6.45) is 2.18. The van der Waals surface area contributed by atoms with E-state index in [0.29, 0.717) is 12.0 Å². The maximum absolute atomic E-state index is 4.67. The Kier molecular flexibility index (Phi) is 3.84. The summed E-state index contributed by atoms with van der Waals surface area (Å²) in [5, 5.41) is 20.3. The molecule has 1 aliphatic rings. The first kappa shape index (κ1) is 14.4. The van der Waals surface area contributed by atoms with Crippen LogP contribution in [-0.2, 0) is 0 Å². The number of rotatable bonds is 4. The molecule has 4 N–H and O–H groups in total. The molecule has 7 nitrogen and oxygen atoms in total. The largest absolute Gasteiger partial charge is 0.351 e. The van der Waals surface area contributed by atoms with E-state index >= 15 is 0 Å². The van der Waals surface area contributed by atoms with E-state index in [1.165, 1.54) is 0 Å². The van der Waals surface area contributed by atoms with Gasteiger partial charge in [-0.05, 0) is 44.3 Å². The third-order valence-electron chi connectivity index (χ3n) is 3.95. The number of hydrogen-bond acceptors (Lipinski definition) is 7. The van der Waals surface area contributed by atoms with Crippen LogP contribution in [0.4, 0.5) is 17.6 Å². The van der Waals surface area contributed by atoms with Gasteiger partial charge in [0.2, 0.25) is 5.95 Å². The van der Waals surface area contributed by atoms with Gasteiger partial charge in [0.05, 0.1) is 5.39 Å². The minimum atomic E-state index is 0.425. The normalized spacial score (nSPS) is 15.9. The molecule has 4 rings (SSSR count). The minimum Gasteiger partial charge on any atom is -0.351 e. The van der Waals surface area contributed by atoms with Crippen LogP contribution >= 0.6 is 11.3 Å². The van der Waals surface area contributed by atoms with Gasteiger partial charge in [-0.15, -0.1) is 11.3 Å². The van der Waals surface area contributed by atoms with Crippen LogP contribution < -0.4 is 16.0 Å². The number of nitrogens with zero attached hydrogens (tertiary/aromatic N) is 3. The van der Waals surface area contributed by atoms with Crippen molar-refractivity contribution in [3.8, 4) is 0 Å². The van der Waals surface area contributed by atoms with Crippen molar-refractivity contribution >= 4 is 39.1 Å². The van der Waals surface area contributed by atoms with Crippen molar-refractivity contribution in [3.63, 3.8) is 0 Å². The molecule has 0 spiro atoms. The van der Waals surface area contributed by atoms with Gasteiger partial charge in [0, 0.05) is 17.8 Å². The Balaban J connectivity index is 1.63. The monoisotopic (exact) mass is 329 g/mol. The fourth-order valence-electron chi connectivity index (χ4n) is 2.77. The second-order valence-electron chi connectivity index (χ2n) is 5.77. The van der Waals surface area contributed by atoms with Crippen LogP contribution in [0, 0.1) is 6.92 Å². The molecule has 120 valence electrons. The lowest BCUT2D eigenvalue weighted by Crippen LogP contribution is -2.35. The SMILES string of the molecule is Cc1cc(Nc2nc(NC3CCNCC3)nc3sccc23)n[nH]1. The summed E-state index contributed by atoms with van der Waals surface area (Å²) in [5.41, 5.74) is 1.01. The molecule has 1 fully saturated rings. The van der Waals surface area contributed by atoms with E-state index in [1.807, 2.05) is 24.4 Å². The predicted octanol–water partition coefficient (Wildman–Crippen LogP) is 2.63. The second kappa shape index (κ2) is 6.13. The predicted molar refractivity (Wildman–Crippen MR) is 93.5 cm³/mol. The summed E-state index contributed by atoms with van der Waals surface area (Å²) in [7, 11) is 0. The molecule has 23 heavy (non-hydrogen) atoms. The number of fused-ring (bicyclic) bond motifs is 1. The first-order chi connectivity index (χ1) is 11.3. The Morgan fingerprint density at radius 3 is 2.91 bits per heavy atom. The highest BCUT2D eigenvalue weighted by molar-refractivity contribution is 7.16. The zero-order valence-corrected chi connectivity index (χ0v) is 13.7. The molecule has 0 atom stereocenters. The van der Waals surface area contributed by atoms with Gasteiger partial charge in [0.25, 0.3) is 0 Å². The van der Waals surface area contributed by atoms with E-state index in [1.54, 1.807) is 11.3 Å². The van der Waals surface area contributed by atoms with Gasteiger partial charge < -0.3 is 16.0 Å². The number of piperidine rings is 1. The third kappa shape index (κ3) is 3.13. The molecule has 0 aromatic carbocycles. The summed E-state index contributed by atoms with van der Waals surface area (Å²) in [5.74, 6) is 2.24. The van der Waals surface area contributed by atoms with Crippen molar-refractivity contribution in [1.82, 2.24) is 25.5 Å². The van der Waals surface area contributed by atoms with Crippen LogP contribution in [0.3, 0.4) is 0 Å². The van der Waals surface area contributed by atoms with Gasteiger partial charge >= 0.3 is 0 Å². The Morgan fingerprint density at radius 1 is 1.26 bits per heavy atom. The van der Waals surface area contributed by atoms with Crippen molar-refractivity contribution in [2.45, 2.75) is 25.8 Å². The fraction of sp³-hybridized carbons (Fsp3) is 0.400. The van der Waals surface area contributed by atoms with Crippen LogP contribution in [0.15, 0.2) is 17.5 Å². The molecule has 0 unspecified atom stereocenters. The van der Waals surface area contributed by atoms with Crippen LogP contribution in [0.2, 0.25) is 0 Å². The molecule has 0 saturated carbocycles. The molecule has 1 aliphatic heterocycles. The van der Waals surface area contributed by atoms with E-state index in [4.69, 9.17) is 0 Å². The third-order valence-corrected chi connectivity index (χ3v) is 4.76. The number of aromatic nitrogens is 4. The van der Waals surface area contributed by atoms with Gasteiger partial charge in [-0.25, -0.2) is 4.98 Å². The highest BCUT2D eigenvalue weighted by Gasteiger charge is 2.16. The van der Waals surface area contributed by atoms with E-state index in [2.05, 4.69) is 36.1 Å². The minimum absolute atomic E-state index is 0.425. The van der Waals surface area contributed by atoms with Crippen molar-refractivity contribution in [1.29, 1.82) is 0 Å². The number of aryl methyl sites for hydroxylation is 1. The average molecular weight is 329 g/mol. The molecule has 0 aliphatic carbocycles.